The molecule has 4 aliphatic rings. The van der Waals surface area contributed by atoms with E-state index in [4.69, 9.17) is 6.42 Å². The summed E-state index contributed by atoms with van der Waals surface area (Å²) < 4.78 is 0. The van der Waals surface area contributed by atoms with E-state index in [1.807, 2.05) is 0 Å². The Morgan fingerprint density at radius 3 is 2.40 bits per heavy atom. The van der Waals surface area contributed by atoms with Gasteiger partial charge in [0.25, 0.3) is 0 Å². The molecule has 0 heterocycles. The number of rotatable bonds is 0. The lowest BCUT2D eigenvalue weighted by atomic mass is 9.44. The summed E-state index contributed by atoms with van der Waals surface area (Å²) in [4.78, 5) is 0. The molecule has 140 valence electrons. The van der Waals surface area contributed by atoms with Crippen LogP contribution >= 0.6 is 0 Å². The maximum atomic E-state index is 11.4. The predicted octanol–water partition coefficient (Wildman–Crippen LogP) is 4.10. The average Bonchev–Trinajstić information content (AvgIpc) is 2.75. The van der Waals surface area contributed by atoms with Gasteiger partial charge in [0, 0.05) is 5.41 Å². The summed E-state index contributed by atoms with van der Waals surface area (Å²) in [5, 5.41) is 21.6. The zero-order valence-electron chi connectivity index (χ0n) is 16.4. The normalized spacial score (nSPS) is 60.9. The Labute approximate surface area is 153 Å². The number of hydrogen-bond acceptors (Lipinski definition) is 2. The third kappa shape index (κ3) is 2.24. The second-order valence-corrected chi connectivity index (χ2v) is 10.5. The zero-order valence-corrected chi connectivity index (χ0v) is 16.4. The molecule has 0 bridgehead atoms. The fraction of sp³-hybridized carbons (Fsp3) is 0.913. The van der Waals surface area contributed by atoms with E-state index in [1.165, 1.54) is 12.8 Å². The molecule has 0 spiro atoms. The molecule has 8 unspecified atom stereocenters. The van der Waals surface area contributed by atoms with Crippen LogP contribution in [0.15, 0.2) is 0 Å². The summed E-state index contributed by atoms with van der Waals surface area (Å²) in [7, 11) is 0. The maximum absolute atomic E-state index is 11.4. The predicted molar refractivity (Wildman–Crippen MR) is 101 cm³/mol. The third-order valence-corrected chi connectivity index (χ3v) is 9.38. The minimum absolute atomic E-state index is 0.0767. The molecule has 4 aliphatic carbocycles. The van der Waals surface area contributed by atoms with Gasteiger partial charge in [-0.2, -0.15) is 0 Å². The summed E-state index contributed by atoms with van der Waals surface area (Å²) in [5.41, 5.74) is -1.09. The van der Waals surface area contributed by atoms with Gasteiger partial charge in [0.05, 0.1) is 6.10 Å². The summed E-state index contributed by atoms with van der Waals surface area (Å²) in [6, 6.07) is 0. The van der Waals surface area contributed by atoms with E-state index in [2.05, 4.69) is 33.6 Å². The van der Waals surface area contributed by atoms with Gasteiger partial charge in [0.15, 0.2) is 0 Å². The van der Waals surface area contributed by atoms with E-state index < -0.39 is 5.60 Å². The van der Waals surface area contributed by atoms with Gasteiger partial charge in [-0.1, -0.05) is 33.6 Å². The van der Waals surface area contributed by atoms with Crippen molar-refractivity contribution in [2.75, 3.05) is 0 Å². The molecule has 0 aromatic rings. The molecule has 0 aliphatic heterocycles. The first-order valence-electron chi connectivity index (χ1n) is 10.6. The topological polar surface area (TPSA) is 40.5 Å². The number of aliphatic hydroxyl groups is 2. The van der Waals surface area contributed by atoms with Gasteiger partial charge in [-0.3, -0.25) is 0 Å². The molecule has 4 fully saturated rings. The van der Waals surface area contributed by atoms with Crippen molar-refractivity contribution in [3.63, 3.8) is 0 Å². The van der Waals surface area contributed by atoms with Crippen LogP contribution in [-0.2, 0) is 0 Å². The van der Waals surface area contributed by atoms with E-state index in [-0.39, 0.29) is 17.4 Å². The SMILES string of the molecule is C#C[C@]1(O)[C@H](C)CC2C3C(C)CC4CC(O)CCC4C3C(C)C[C@@]21C. The highest BCUT2D eigenvalue weighted by Gasteiger charge is 2.67. The molecule has 0 saturated heterocycles. The van der Waals surface area contributed by atoms with Crippen molar-refractivity contribution in [3.8, 4) is 12.3 Å². The van der Waals surface area contributed by atoms with E-state index in [0.717, 1.165) is 37.5 Å². The number of aliphatic hydroxyl groups excluding tert-OH is 1. The van der Waals surface area contributed by atoms with Crippen molar-refractivity contribution in [2.24, 2.45) is 52.8 Å². The van der Waals surface area contributed by atoms with Crippen LogP contribution in [0.3, 0.4) is 0 Å². The molecular formula is C23H36O2. The van der Waals surface area contributed by atoms with Crippen molar-refractivity contribution in [3.05, 3.63) is 0 Å². The van der Waals surface area contributed by atoms with Gasteiger partial charge in [-0.25, -0.2) is 0 Å². The van der Waals surface area contributed by atoms with Crippen molar-refractivity contribution < 1.29 is 10.2 Å². The molecule has 0 aromatic carbocycles. The van der Waals surface area contributed by atoms with Crippen LogP contribution in [0.2, 0.25) is 0 Å². The van der Waals surface area contributed by atoms with E-state index in [0.29, 0.717) is 29.6 Å². The van der Waals surface area contributed by atoms with Crippen LogP contribution in [0, 0.1) is 65.1 Å². The van der Waals surface area contributed by atoms with E-state index >= 15 is 0 Å². The van der Waals surface area contributed by atoms with Crippen LogP contribution in [-0.4, -0.2) is 21.9 Å². The summed E-state index contributed by atoms with van der Waals surface area (Å²) >= 11 is 0. The number of fused-ring (bicyclic) bond motifs is 5. The first-order chi connectivity index (χ1) is 11.7. The molecular weight excluding hydrogens is 308 g/mol. The molecule has 2 N–H and O–H groups in total. The minimum Gasteiger partial charge on any atom is -0.393 e. The van der Waals surface area contributed by atoms with E-state index in [1.54, 1.807) is 0 Å². The lowest BCUT2D eigenvalue weighted by Crippen LogP contribution is -2.58. The molecule has 25 heavy (non-hydrogen) atoms. The van der Waals surface area contributed by atoms with Crippen molar-refractivity contribution in [1.29, 1.82) is 0 Å². The largest absolute Gasteiger partial charge is 0.393 e. The Kier molecular flexibility index (Phi) is 4.10. The molecule has 0 radical (unpaired) electrons. The molecule has 11 atom stereocenters. The van der Waals surface area contributed by atoms with Gasteiger partial charge < -0.3 is 10.2 Å². The van der Waals surface area contributed by atoms with Crippen LogP contribution in [0.5, 0.6) is 0 Å². The highest BCUT2D eigenvalue weighted by atomic mass is 16.3. The summed E-state index contributed by atoms with van der Waals surface area (Å²) in [5.74, 6) is 7.80. The zero-order chi connectivity index (χ0) is 18.1. The highest BCUT2D eigenvalue weighted by Crippen LogP contribution is 2.68. The number of terminal acetylenes is 1. The Balaban J connectivity index is 1.72. The first kappa shape index (κ1) is 17.9. The fourth-order valence-corrected chi connectivity index (χ4v) is 8.46. The highest BCUT2D eigenvalue weighted by molar-refractivity contribution is 5.26. The first-order valence-corrected chi connectivity index (χ1v) is 10.6. The Morgan fingerprint density at radius 1 is 1.00 bits per heavy atom. The van der Waals surface area contributed by atoms with E-state index in [9.17, 15) is 10.2 Å². The van der Waals surface area contributed by atoms with Crippen LogP contribution < -0.4 is 0 Å². The quantitative estimate of drug-likeness (QED) is 0.650. The maximum Gasteiger partial charge on any atom is 0.133 e. The monoisotopic (exact) mass is 344 g/mol. The Hall–Kier alpha value is -0.520. The second-order valence-electron chi connectivity index (χ2n) is 10.5. The Morgan fingerprint density at radius 2 is 1.72 bits per heavy atom. The van der Waals surface area contributed by atoms with Gasteiger partial charge in [0.2, 0.25) is 0 Å². The summed E-state index contributed by atoms with van der Waals surface area (Å²) in [6.45, 7) is 9.30. The van der Waals surface area contributed by atoms with Gasteiger partial charge in [0.1, 0.15) is 5.60 Å². The minimum atomic E-state index is -0.948. The van der Waals surface area contributed by atoms with Crippen LogP contribution in [0.25, 0.3) is 0 Å². The molecule has 2 nitrogen and oxygen atoms in total. The molecule has 4 saturated carbocycles. The molecule has 0 aromatic heterocycles. The lowest BCUT2D eigenvalue weighted by Gasteiger charge is -2.61. The average molecular weight is 345 g/mol. The molecule has 2 heteroatoms. The van der Waals surface area contributed by atoms with Gasteiger partial charge in [-0.05, 0) is 85.9 Å². The fourth-order valence-electron chi connectivity index (χ4n) is 8.46. The van der Waals surface area contributed by atoms with Crippen LogP contribution in [0.4, 0.5) is 0 Å². The van der Waals surface area contributed by atoms with Crippen molar-refractivity contribution in [2.45, 2.75) is 77.9 Å². The smallest absolute Gasteiger partial charge is 0.133 e. The van der Waals surface area contributed by atoms with Gasteiger partial charge in [-0.15, -0.1) is 6.42 Å². The second kappa shape index (κ2) is 5.74. The van der Waals surface area contributed by atoms with Gasteiger partial charge >= 0.3 is 0 Å². The molecule has 0 amide bonds. The lowest BCUT2D eigenvalue weighted by molar-refractivity contribution is -0.153. The van der Waals surface area contributed by atoms with Crippen LogP contribution in [0.1, 0.15) is 66.2 Å². The van der Waals surface area contributed by atoms with Crippen molar-refractivity contribution >= 4 is 0 Å². The Bertz CT molecular complexity index is 579. The number of hydrogen-bond donors (Lipinski definition) is 2. The third-order valence-electron chi connectivity index (χ3n) is 9.38. The summed E-state index contributed by atoms with van der Waals surface area (Å²) in [6.07, 6.45) is 12.4. The van der Waals surface area contributed by atoms with Crippen molar-refractivity contribution in [1.82, 2.24) is 0 Å². The standard InChI is InChI=1S/C23H36O2/c1-6-23(25)15(4)10-19-21-13(2)9-16-11-17(24)7-8-18(16)20(21)14(3)12-22(19,23)5/h1,13-21,24-25H,7-12H2,2-5H3/t13?,14?,15-,16?,17?,18?,19?,20?,21?,22+,23+/m1/s1. The molecule has 4 rings (SSSR count).